The Morgan fingerprint density at radius 1 is 1.23 bits per heavy atom. The van der Waals surface area contributed by atoms with E-state index in [1.165, 1.54) is 0 Å². The van der Waals surface area contributed by atoms with Gasteiger partial charge in [0.2, 0.25) is 10.0 Å². The zero-order chi connectivity index (χ0) is 16.7. The minimum absolute atomic E-state index is 0.00838. The Balaban J connectivity index is 2.60. The van der Waals surface area contributed by atoms with Crippen molar-refractivity contribution in [3.05, 3.63) is 29.3 Å². The summed E-state index contributed by atoms with van der Waals surface area (Å²) in [5.41, 5.74) is 5.55. The van der Waals surface area contributed by atoms with E-state index in [1.54, 1.807) is 6.92 Å². The number of nitrogens with two attached hydrogens (primary N) is 1. The second-order valence-electron chi connectivity index (χ2n) is 5.34. The van der Waals surface area contributed by atoms with Gasteiger partial charge in [-0.2, -0.15) is 4.31 Å². The fraction of sp³-hybridized carbons (Fsp3) is 0.538. The van der Waals surface area contributed by atoms with Crippen LogP contribution >= 0.6 is 0 Å². The van der Waals surface area contributed by atoms with Crippen LogP contribution in [-0.4, -0.2) is 31.9 Å². The minimum Gasteiger partial charge on any atom is -0.329 e. The first-order valence-electron chi connectivity index (χ1n) is 6.76. The highest BCUT2D eigenvalue weighted by Gasteiger charge is 2.40. The summed E-state index contributed by atoms with van der Waals surface area (Å²) < 4.78 is 80.0. The van der Waals surface area contributed by atoms with E-state index < -0.39 is 44.2 Å². The summed E-state index contributed by atoms with van der Waals surface area (Å²) in [6.45, 7) is 1.70. The van der Waals surface area contributed by atoms with Crippen molar-refractivity contribution in [1.82, 2.24) is 4.31 Å². The smallest absolute Gasteiger partial charge is 0.249 e. The number of halogens is 4. The zero-order valence-corrected chi connectivity index (χ0v) is 12.6. The van der Waals surface area contributed by atoms with Crippen LogP contribution in [0.5, 0.6) is 0 Å². The Kier molecular flexibility index (Phi) is 4.78. The van der Waals surface area contributed by atoms with Gasteiger partial charge in [0.05, 0.1) is 0 Å². The maximum absolute atomic E-state index is 13.8. The van der Waals surface area contributed by atoms with Crippen LogP contribution in [0.15, 0.2) is 11.0 Å². The van der Waals surface area contributed by atoms with Crippen molar-refractivity contribution in [2.24, 2.45) is 11.7 Å². The number of hydrogen-bond acceptors (Lipinski definition) is 3. The van der Waals surface area contributed by atoms with E-state index in [0.717, 1.165) is 4.31 Å². The lowest BCUT2D eigenvalue weighted by molar-refractivity contribution is 0.191. The fourth-order valence-corrected chi connectivity index (χ4v) is 4.66. The van der Waals surface area contributed by atoms with Crippen LogP contribution < -0.4 is 5.73 Å². The van der Waals surface area contributed by atoms with Crippen LogP contribution in [0.25, 0.3) is 0 Å². The van der Waals surface area contributed by atoms with Crippen LogP contribution in [0.4, 0.5) is 17.6 Å². The molecule has 2 rings (SSSR count). The van der Waals surface area contributed by atoms with Crippen LogP contribution in [0, 0.1) is 29.2 Å². The molecule has 1 aliphatic rings. The van der Waals surface area contributed by atoms with Crippen molar-refractivity contribution >= 4 is 10.0 Å². The molecule has 9 heteroatoms. The molecule has 1 fully saturated rings. The average molecular weight is 340 g/mol. The number of rotatable bonds is 3. The maximum atomic E-state index is 13.8. The van der Waals surface area contributed by atoms with Crippen LogP contribution in [0.1, 0.15) is 19.8 Å². The molecule has 4 nitrogen and oxygen atoms in total. The third-order valence-corrected chi connectivity index (χ3v) is 5.89. The van der Waals surface area contributed by atoms with Crippen molar-refractivity contribution in [1.29, 1.82) is 0 Å². The number of hydrogen-bond donors (Lipinski definition) is 1. The molecular formula is C13H16F4N2O2S. The number of benzene rings is 1. The molecule has 124 valence electrons. The lowest BCUT2D eigenvalue weighted by Crippen LogP contribution is -2.51. The van der Waals surface area contributed by atoms with Crippen molar-refractivity contribution in [2.45, 2.75) is 30.7 Å². The van der Waals surface area contributed by atoms with E-state index in [0.29, 0.717) is 12.8 Å². The highest BCUT2D eigenvalue weighted by molar-refractivity contribution is 7.89. The first kappa shape index (κ1) is 17.2. The molecule has 2 N–H and O–H groups in total. The molecular weight excluding hydrogens is 324 g/mol. The van der Waals surface area contributed by atoms with Gasteiger partial charge in [0.15, 0.2) is 28.2 Å². The van der Waals surface area contributed by atoms with Crippen molar-refractivity contribution < 1.29 is 26.0 Å². The van der Waals surface area contributed by atoms with Crippen LogP contribution in [-0.2, 0) is 10.0 Å². The minimum atomic E-state index is -4.74. The monoisotopic (exact) mass is 340 g/mol. The molecule has 0 spiro atoms. The Morgan fingerprint density at radius 3 is 2.27 bits per heavy atom. The lowest BCUT2D eigenvalue weighted by atomic mass is 9.93. The normalized spacial score (nSPS) is 23.7. The third-order valence-electron chi connectivity index (χ3n) is 3.94. The van der Waals surface area contributed by atoms with E-state index in [4.69, 9.17) is 5.73 Å². The molecule has 22 heavy (non-hydrogen) atoms. The Bertz CT molecular complexity index is 655. The quantitative estimate of drug-likeness (QED) is 0.676. The first-order chi connectivity index (χ1) is 10.2. The molecule has 1 aromatic carbocycles. The average Bonchev–Trinajstić information content (AvgIpc) is 2.45. The number of nitrogens with zero attached hydrogens (tertiary/aromatic N) is 1. The molecule has 0 radical (unpaired) electrons. The summed E-state index contributed by atoms with van der Waals surface area (Å²) in [6.07, 6.45) is 1.17. The summed E-state index contributed by atoms with van der Waals surface area (Å²) in [7, 11) is -4.74. The lowest BCUT2D eigenvalue weighted by Gasteiger charge is -2.38. The fourth-order valence-electron chi connectivity index (χ4n) is 2.75. The topological polar surface area (TPSA) is 63.4 Å². The Morgan fingerprint density at radius 2 is 1.77 bits per heavy atom. The summed E-state index contributed by atoms with van der Waals surface area (Å²) >= 11 is 0. The van der Waals surface area contributed by atoms with Gasteiger partial charge in [-0.3, -0.25) is 0 Å². The van der Waals surface area contributed by atoms with Gasteiger partial charge in [-0.25, -0.2) is 26.0 Å². The van der Waals surface area contributed by atoms with Gasteiger partial charge in [0.1, 0.15) is 0 Å². The number of sulfonamides is 1. The molecule has 0 aliphatic carbocycles. The predicted molar refractivity (Wildman–Crippen MR) is 71.4 cm³/mol. The Hall–Kier alpha value is -1.19. The highest BCUT2D eigenvalue weighted by Crippen LogP contribution is 2.32. The van der Waals surface area contributed by atoms with Crippen molar-refractivity contribution in [3.63, 3.8) is 0 Å². The maximum Gasteiger partial charge on any atom is 0.249 e. The van der Waals surface area contributed by atoms with Crippen molar-refractivity contribution in [2.75, 3.05) is 13.1 Å². The predicted octanol–water partition coefficient (Wildman–Crippen LogP) is 1.99. The van der Waals surface area contributed by atoms with E-state index in [1.807, 2.05) is 0 Å². The molecule has 1 aliphatic heterocycles. The molecule has 2 atom stereocenters. The SMILES string of the molecule is CC1CCCN(S(=O)(=O)c2c(F)c(F)cc(F)c2F)C1CN. The standard InChI is InChI=1S/C13H16F4N2O2S/c1-7-3-2-4-19(10(7)6-18)22(20,21)13-11(16)8(14)5-9(15)12(13)17/h5,7,10H,2-4,6,18H2,1H3. The molecule has 0 aromatic heterocycles. The summed E-state index contributed by atoms with van der Waals surface area (Å²) in [5, 5.41) is 0. The molecule has 0 saturated carbocycles. The highest BCUT2D eigenvalue weighted by atomic mass is 32.2. The van der Waals surface area contributed by atoms with Crippen molar-refractivity contribution in [3.8, 4) is 0 Å². The van der Waals surface area contributed by atoms with Gasteiger partial charge < -0.3 is 5.73 Å². The largest absolute Gasteiger partial charge is 0.329 e. The van der Waals surface area contributed by atoms with Gasteiger partial charge >= 0.3 is 0 Å². The van der Waals surface area contributed by atoms with Crippen LogP contribution in [0.2, 0.25) is 0 Å². The van der Waals surface area contributed by atoms with E-state index in [-0.39, 0.29) is 25.1 Å². The number of piperidine rings is 1. The van der Waals surface area contributed by atoms with E-state index >= 15 is 0 Å². The van der Waals surface area contributed by atoms with Crippen LogP contribution in [0.3, 0.4) is 0 Å². The summed E-state index contributed by atoms with van der Waals surface area (Å²) in [5.74, 6) is -7.49. The zero-order valence-electron chi connectivity index (χ0n) is 11.8. The van der Waals surface area contributed by atoms with E-state index in [2.05, 4.69) is 0 Å². The summed E-state index contributed by atoms with van der Waals surface area (Å²) in [4.78, 5) is -1.60. The molecule has 0 bridgehead atoms. The van der Waals surface area contributed by atoms with Gasteiger partial charge in [-0.05, 0) is 18.8 Å². The van der Waals surface area contributed by atoms with Gasteiger partial charge in [-0.15, -0.1) is 0 Å². The second-order valence-corrected chi connectivity index (χ2v) is 7.16. The summed E-state index contributed by atoms with van der Waals surface area (Å²) in [6, 6.07) is -0.702. The second kappa shape index (κ2) is 6.13. The first-order valence-corrected chi connectivity index (χ1v) is 8.20. The third kappa shape index (κ3) is 2.72. The molecule has 0 amide bonds. The Labute approximate surface area is 126 Å². The van der Waals surface area contributed by atoms with E-state index in [9.17, 15) is 26.0 Å². The van der Waals surface area contributed by atoms with Gasteiger partial charge in [0.25, 0.3) is 0 Å². The molecule has 2 unspecified atom stereocenters. The molecule has 1 heterocycles. The molecule has 1 aromatic rings. The van der Waals surface area contributed by atoms with Gasteiger partial charge in [0, 0.05) is 25.2 Å². The molecule has 1 saturated heterocycles. The van der Waals surface area contributed by atoms with Gasteiger partial charge in [-0.1, -0.05) is 6.92 Å².